The van der Waals surface area contributed by atoms with Gasteiger partial charge in [-0.1, -0.05) is 118 Å². The van der Waals surface area contributed by atoms with E-state index in [9.17, 15) is 19.2 Å². The standard InChI is InChI=1S/C53H54N8O5/c1-6-39-21-26-44(61(39)52(64)47(59-53(65)66-5)34-15-11-8-12-16-34)50-56-43-25-20-38-28-36(18-23-41(38)49(43)58-50)35-17-22-40-37(27-35)19-24-42-48(40)57-45(55-42)29-60(32(4)31(2)3)51(63)46(54-30-62)33-13-9-7-10-14-33/h7-20,22-25,27-28,30-32,39,44,46-47H,6,21,26,29H2,1-5H3,(H,54,62)(H,55,57)(H,56,58)(H,59,65)/t32-,39+,44+,46-,47-/m1/s1. The van der Waals surface area contributed by atoms with E-state index in [-0.39, 0.29) is 42.4 Å². The zero-order valence-electron chi connectivity index (χ0n) is 37.7. The van der Waals surface area contributed by atoms with E-state index in [2.05, 4.69) is 89.9 Å². The highest BCUT2D eigenvalue weighted by atomic mass is 16.5. The molecule has 1 fully saturated rings. The summed E-state index contributed by atoms with van der Waals surface area (Å²) >= 11 is 0. The number of imidazole rings is 2. The lowest BCUT2D eigenvalue weighted by Gasteiger charge is -2.34. The van der Waals surface area contributed by atoms with Crippen molar-refractivity contribution < 1.29 is 23.9 Å². The van der Waals surface area contributed by atoms with Gasteiger partial charge in [0.1, 0.15) is 23.7 Å². The van der Waals surface area contributed by atoms with Crippen molar-refractivity contribution in [1.82, 2.24) is 40.4 Å². The molecule has 4 amide bonds. The van der Waals surface area contributed by atoms with Gasteiger partial charge in [-0.2, -0.15) is 0 Å². The highest BCUT2D eigenvalue weighted by Crippen LogP contribution is 2.40. The molecular formula is C53H54N8O5. The van der Waals surface area contributed by atoms with Gasteiger partial charge >= 0.3 is 6.09 Å². The second kappa shape index (κ2) is 18.5. The van der Waals surface area contributed by atoms with Gasteiger partial charge in [0.15, 0.2) is 0 Å². The van der Waals surface area contributed by atoms with Crippen LogP contribution in [-0.4, -0.2) is 73.2 Å². The van der Waals surface area contributed by atoms with Crippen LogP contribution in [0.4, 0.5) is 4.79 Å². The van der Waals surface area contributed by atoms with Gasteiger partial charge in [-0.25, -0.2) is 14.8 Å². The zero-order valence-corrected chi connectivity index (χ0v) is 37.7. The number of carbonyl (C=O) groups is 4. The van der Waals surface area contributed by atoms with Gasteiger partial charge in [-0.05, 0) is 89.4 Å². The van der Waals surface area contributed by atoms with Crippen LogP contribution in [0.5, 0.6) is 0 Å². The van der Waals surface area contributed by atoms with Crippen molar-refractivity contribution in [2.24, 2.45) is 5.92 Å². The summed E-state index contributed by atoms with van der Waals surface area (Å²) in [7, 11) is 1.29. The number of benzene rings is 6. The van der Waals surface area contributed by atoms with E-state index in [0.29, 0.717) is 23.4 Å². The Morgan fingerprint density at radius 3 is 1.94 bits per heavy atom. The highest BCUT2D eigenvalue weighted by Gasteiger charge is 2.42. The third kappa shape index (κ3) is 8.32. The molecular weight excluding hydrogens is 829 g/mol. The quantitative estimate of drug-likeness (QED) is 0.0790. The van der Waals surface area contributed by atoms with E-state index >= 15 is 0 Å². The van der Waals surface area contributed by atoms with Crippen LogP contribution in [0.1, 0.15) is 87.9 Å². The van der Waals surface area contributed by atoms with Crippen molar-refractivity contribution in [3.63, 3.8) is 0 Å². The van der Waals surface area contributed by atoms with E-state index in [1.165, 1.54) is 7.11 Å². The molecule has 1 aliphatic rings. The van der Waals surface area contributed by atoms with Crippen LogP contribution in [0.3, 0.4) is 0 Å². The molecule has 0 bridgehead atoms. The molecule has 336 valence electrons. The molecule has 5 atom stereocenters. The Bertz CT molecular complexity index is 3070. The molecule has 0 saturated carbocycles. The molecule has 3 heterocycles. The van der Waals surface area contributed by atoms with Crippen LogP contribution < -0.4 is 10.6 Å². The SMILES string of the molecule is CC[C@H]1CC[C@@H](c2nc3c(ccc4cc(-c5ccc6c(ccc7[nH]c(CN(C(=O)[C@H](NC=O)c8ccccc8)[C@H](C)C(C)C)nc76)c5)ccc43)[nH]2)N1C(=O)[C@H](NC(=O)OC)c1ccccc1. The lowest BCUT2D eigenvalue weighted by atomic mass is 9.98. The molecule has 66 heavy (non-hydrogen) atoms. The third-order valence-corrected chi connectivity index (χ3v) is 13.4. The number of nitrogens with one attached hydrogen (secondary N) is 4. The monoisotopic (exact) mass is 882 g/mol. The van der Waals surface area contributed by atoms with Crippen molar-refractivity contribution in [2.45, 2.75) is 83.7 Å². The number of hydrogen-bond acceptors (Lipinski definition) is 7. The molecule has 6 aromatic carbocycles. The first kappa shape index (κ1) is 43.7. The number of methoxy groups -OCH3 is 1. The average Bonchev–Trinajstić information content (AvgIpc) is 4.11. The first-order chi connectivity index (χ1) is 32.1. The molecule has 0 aliphatic carbocycles. The Labute approximate surface area is 382 Å². The Hall–Kier alpha value is -7.54. The minimum atomic E-state index is -0.909. The number of nitrogens with zero attached hydrogens (tertiary/aromatic N) is 4. The normalized spacial score (nSPS) is 16.4. The molecule has 1 saturated heterocycles. The topological polar surface area (TPSA) is 165 Å². The van der Waals surface area contributed by atoms with Gasteiger partial charge in [0, 0.05) is 22.9 Å². The van der Waals surface area contributed by atoms with Gasteiger partial charge in [-0.3, -0.25) is 14.4 Å². The van der Waals surface area contributed by atoms with Crippen molar-refractivity contribution in [2.75, 3.05) is 7.11 Å². The van der Waals surface area contributed by atoms with Gasteiger partial charge in [0.25, 0.3) is 5.91 Å². The number of hydrogen-bond donors (Lipinski definition) is 4. The molecule has 9 rings (SSSR count). The van der Waals surface area contributed by atoms with Crippen LogP contribution in [-0.2, 0) is 25.7 Å². The van der Waals surface area contributed by atoms with Gasteiger partial charge in [0.2, 0.25) is 12.3 Å². The van der Waals surface area contributed by atoms with Crippen molar-refractivity contribution in [3.8, 4) is 11.1 Å². The number of alkyl carbamates (subject to hydrolysis) is 1. The fraction of sp³-hybridized carbons (Fsp3) is 0.283. The summed E-state index contributed by atoms with van der Waals surface area (Å²) in [5, 5.41) is 9.59. The number of rotatable bonds is 14. The molecule has 0 spiro atoms. The molecule has 8 aromatic rings. The summed E-state index contributed by atoms with van der Waals surface area (Å²) in [6, 6.07) is 37.5. The number of carbonyl (C=O) groups excluding carboxylic acids is 4. The Kier molecular flexibility index (Phi) is 12.3. The number of fused-ring (bicyclic) bond motifs is 6. The Balaban J connectivity index is 0.989. The maximum atomic E-state index is 14.5. The molecule has 4 N–H and O–H groups in total. The summed E-state index contributed by atoms with van der Waals surface area (Å²) in [6.45, 7) is 8.52. The van der Waals surface area contributed by atoms with Gasteiger partial charge < -0.3 is 35.1 Å². The smallest absolute Gasteiger partial charge is 0.407 e. The maximum Gasteiger partial charge on any atom is 0.407 e. The van der Waals surface area contributed by atoms with E-state index in [4.69, 9.17) is 14.7 Å². The Morgan fingerprint density at radius 2 is 1.36 bits per heavy atom. The lowest BCUT2D eigenvalue weighted by molar-refractivity contribution is -0.138. The predicted molar refractivity (Wildman–Crippen MR) is 257 cm³/mol. The summed E-state index contributed by atoms with van der Waals surface area (Å²) in [4.78, 5) is 73.7. The summed E-state index contributed by atoms with van der Waals surface area (Å²) < 4.78 is 4.92. The van der Waals surface area contributed by atoms with Gasteiger partial charge in [-0.15, -0.1) is 0 Å². The summed E-state index contributed by atoms with van der Waals surface area (Å²) in [6.07, 6.45) is 2.24. The fourth-order valence-electron chi connectivity index (χ4n) is 9.54. The predicted octanol–water partition coefficient (Wildman–Crippen LogP) is 9.81. The van der Waals surface area contributed by atoms with E-state index in [1.54, 1.807) is 4.90 Å². The van der Waals surface area contributed by atoms with E-state index < -0.39 is 18.2 Å². The van der Waals surface area contributed by atoms with Crippen LogP contribution >= 0.6 is 0 Å². The first-order valence-corrected chi connectivity index (χ1v) is 22.7. The van der Waals surface area contributed by atoms with Crippen LogP contribution in [0.2, 0.25) is 0 Å². The van der Waals surface area contributed by atoms with E-state index in [1.807, 2.05) is 84.6 Å². The van der Waals surface area contributed by atoms with Crippen LogP contribution in [0.25, 0.3) is 54.7 Å². The molecule has 0 radical (unpaired) electrons. The number of aromatic amines is 2. The summed E-state index contributed by atoms with van der Waals surface area (Å²) in [5.74, 6) is 1.14. The largest absolute Gasteiger partial charge is 0.453 e. The number of likely N-dealkylation sites (tertiary alicyclic amines) is 1. The van der Waals surface area contributed by atoms with Crippen molar-refractivity contribution in [1.29, 1.82) is 0 Å². The average molecular weight is 883 g/mol. The van der Waals surface area contributed by atoms with Crippen molar-refractivity contribution in [3.05, 3.63) is 144 Å². The fourth-order valence-corrected chi connectivity index (χ4v) is 9.54. The molecule has 2 aromatic heterocycles. The number of ether oxygens (including phenoxy) is 1. The first-order valence-electron chi connectivity index (χ1n) is 22.7. The number of aromatic nitrogens is 4. The highest BCUT2D eigenvalue weighted by molar-refractivity contribution is 6.07. The molecule has 13 heteroatoms. The zero-order chi connectivity index (χ0) is 46.1. The van der Waals surface area contributed by atoms with Crippen LogP contribution in [0.15, 0.2) is 121 Å². The van der Waals surface area contributed by atoms with Gasteiger partial charge in [0.05, 0.1) is 41.8 Å². The molecule has 13 nitrogen and oxygen atoms in total. The summed E-state index contributed by atoms with van der Waals surface area (Å²) in [5.41, 5.74) is 6.93. The maximum absolute atomic E-state index is 14.5. The van der Waals surface area contributed by atoms with Crippen molar-refractivity contribution >= 4 is 67.9 Å². The van der Waals surface area contributed by atoms with E-state index in [0.717, 1.165) is 79.8 Å². The third-order valence-electron chi connectivity index (χ3n) is 13.4. The number of H-pyrrole nitrogens is 2. The van der Waals surface area contributed by atoms with Crippen LogP contribution in [0, 0.1) is 5.92 Å². The minimum absolute atomic E-state index is 0.0145. The Morgan fingerprint density at radius 1 is 0.773 bits per heavy atom. The molecule has 1 aliphatic heterocycles. The minimum Gasteiger partial charge on any atom is -0.453 e. The second-order valence-corrected chi connectivity index (χ2v) is 17.6. The number of amides is 4. The lowest BCUT2D eigenvalue weighted by Crippen LogP contribution is -2.46. The molecule has 0 unspecified atom stereocenters. The second-order valence-electron chi connectivity index (χ2n) is 17.6.